The lowest BCUT2D eigenvalue weighted by molar-refractivity contribution is 0.0374. The summed E-state index contributed by atoms with van der Waals surface area (Å²) in [7, 11) is 0. The van der Waals surface area contributed by atoms with E-state index in [-0.39, 0.29) is 6.04 Å². The van der Waals surface area contributed by atoms with E-state index < -0.39 is 0 Å². The zero-order valence-corrected chi connectivity index (χ0v) is 17.1. The first-order chi connectivity index (χ1) is 14.3. The van der Waals surface area contributed by atoms with Gasteiger partial charge in [0.05, 0.1) is 12.6 Å². The van der Waals surface area contributed by atoms with Crippen molar-refractivity contribution in [3.63, 3.8) is 0 Å². The molecule has 3 unspecified atom stereocenters. The van der Waals surface area contributed by atoms with E-state index in [0.29, 0.717) is 12.0 Å². The van der Waals surface area contributed by atoms with Gasteiger partial charge in [-0.05, 0) is 56.5 Å². The Morgan fingerprint density at radius 1 is 1.07 bits per heavy atom. The summed E-state index contributed by atoms with van der Waals surface area (Å²) in [5, 5.41) is 7.80. The van der Waals surface area contributed by atoms with Crippen LogP contribution in [-0.2, 0) is 6.54 Å². The maximum atomic E-state index is 6.17. The van der Waals surface area contributed by atoms with Gasteiger partial charge >= 0.3 is 0 Å². The lowest BCUT2D eigenvalue weighted by Crippen LogP contribution is -2.57. The molecule has 2 aromatic rings. The summed E-state index contributed by atoms with van der Waals surface area (Å²) >= 11 is 0. The molecule has 4 heterocycles. The monoisotopic (exact) mass is 396 g/mol. The highest BCUT2D eigenvalue weighted by molar-refractivity contribution is 5.27. The Balaban J connectivity index is 1.12. The number of fused-ring (bicyclic) bond motifs is 1. The minimum absolute atomic E-state index is 0.285. The number of hydrogen-bond donors (Lipinski definition) is 1. The predicted octanol–water partition coefficient (Wildman–Crippen LogP) is 3.07. The Morgan fingerprint density at radius 2 is 1.93 bits per heavy atom. The van der Waals surface area contributed by atoms with Crippen LogP contribution in [0.4, 0.5) is 0 Å². The number of hydrogen-bond acceptors (Lipinski definition) is 6. The van der Waals surface area contributed by atoms with Crippen LogP contribution in [0.2, 0.25) is 0 Å². The van der Waals surface area contributed by atoms with Crippen molar-refractivity contribution in [2.45, 2.75) is 44.3 Å². The number of aromatic nitrogens is 1. The van der Waals surface area contributed by atoms with Crippen molar-refractivity contribution in [2.75, 3.05) is 39.3 Å². The molecule has 1 aromatic heterocycles. The lowest BCUT2D eigenvalue weighted by atomic mass is 9.87. The van der Waals surface area contributed by atoms with Crippen molar-refractivity contribution in [3.05, 3.63) is 47.9 Å². The third-order valence-electron chi connectivity index (χ3n) is 6.77. The first-order valence-electron chi connectivity index (χ1n) is 11.2. The van der Waals surface area contributed by atoms with Gasteiger partial charge in [-0.25, -0.2) is 0 Å². The molecule has 1 aromatic carbocycles. The van der Waals surface area contributed by atoms with Crippen molar-refractivity contribution < 1.29 is 9.26 Å². The van der Waals surface area contributed by atoms with E-state index in [9.17, 15) is 0 Å². The van der Waals surface area contributed by atoms with Crippen molar-refractivity contribution in [1.82, 2.24) is 20.3 Å². The summed E-state index contributed by atoms with van der Waals surface area (Å²) in [6.07, 6.45) is 6.73. The van der Waals surface area contributed by atoms with E-state index in [1.54, 1.807) is 6.26 Å². The molecule has 6 nitrogen and oxygen atoms in total. The van der Waals surface area contributed by atoms with Gasteiger partial charge in [-0.3, -0.25) is 9.80 Å². The Kier molecular flexibility index (Phi) is 5.83. The van der Waals surface area contributed by atoms with Gasteiger partial charge in [0.25, 0.3) is 0 Å². The number of nitrogens with zero attached hydrogens (tertiary/aromatic N) is 3. The highest BCUT2D eigenvalue weighted by Gasteiger charge is 2.38. The quantitative estimate of drug-likeness (QED) is 0.810. The molecule has 3 aliphatic rings. The Hall–Kier alpha value is -1.89. The maximum Gasteiger partial charge on any atom is 0.124 e. The van der Waals surface area contributed by atoms with Crippen LogP contribution in [0, 0.1) is 5.92 Å². The summed E-state index contributed by atoms with van der Waals surface area (Å²) in [6, 6.07) is 11.5. The smallest absolute Gasteiger partial charge is 0.124 e. The first-order valence-corrected chi connectivity index (χ1v) is 11.2. The minimum atomic E-state index is 0.285. The molecule has 3 fully saturated rings. The highest BCUT2D eigenvalue weighted by atomic mass is 16.5. The van der Waals surface area contributed by atoms with Gasteiger partial charge < -0.3 is 14.6 Å². The number of rotatable bonds is 6. The zero-order chi connectivity index (χ0) is 19.5. The maximum absolute atomic E-state index is 6.17. The van der Waals surface area contributed by atoms with Gasteiger partial charge in [-0.2, -0.15) is 0 Å². The third kappa shape index (κ3) is 4.49. The number of likely N-dealkylation sites (tertiary alicyclic amines) is 1. The van der Waals surface area contributed by atoms with E-state index >= 15 is 0 Å². The molecule has 0 radical (unpaired) electrons. The molecule has 0 bridgehead atoms. The van der Waals surface area contributed by atoms with Crippen molar-refractivity contribution in [3.8, 4) is 5.75 Å². The van der Waals surface area contributed by atoms with Crippen LogP contribution in [0.15, 0.2) is 41.1 Å². The van der Waals surface area contributed by atoms with Gasteiger partial charge in [0.2, 0.25) is 0 Å². The summed E-state index contributed by atoms with van der Waals surface area (Å²) in [5.74, 6) is 1.59. The molecule has 156 valence electrons. The average molecular weight is 397 g/mol. The molecule has 3 aliphatic heterocycles. The molecule has 0 aliphatic carbocycles. The molecule has 1 N–H and O–H groups in total. The highest BCUT2D eigenvalue weighted by Crippen LogP contribution is 2.32. The number of piperidine rings is 1. The van der Waals surface area contributed by atoms with Crippen molar-refractivity contribution in [2.24, 2.45) is 5.92 Å². The van der Waals surface area contributed by atoms with Gasteiger partial charge in [0.1, 0.15) is 17.7 Å². The predicted molar refractivity (Wildman–Crippen MR) is 112 cm³/mol. The van der Waals surface area contributed by atoms with Crippen LogP contribution in [0.3, 0.4) is 0 Å². The van der Waals surface area contributed by atoms with Gasteiger partial charge in [-0.15, -0.1) is 0 Å². The molecule has 29 heavy (non-hydrogen) atoms. The molecule has 5 rings (SSSR count). The van der Waals surface area contributed by atoms with Crippen molar-refractivity contribution in [1.29, 1.82) is 0 Å². The number of piperazine rings is 1. The largest absolute Gasteiger partial charge is 0.493 e. The first kappa shape index (κ1) is 19.1. The molecular weight excluding hydrogens is 364 g/mol. The number of ether oxygens (including phenoxy) is 1. The summed E-state index contributed by atoms with van der Waals surface area (Å²) in [6.45, 7) is 7.56. The van der Waals surface area contributed by atoms with E-state index in [1.807, 2.05) is 6.07 Å². The summed E-state index contributed by atoms with van der Waals surface area (Å²) < 4.78 is 11.2. The Morgan fingerprint density at radius 3 is 2.72 bits per heavy atom. The van der Waals surface area contributed by atoms with Crippen molar-refractivity contribution >= 4 is 0 Å². The molecule has 0 saturated carbocycles. The van der Waals surface area contributed by atoms with Gasteiger partial charge in [-0.1, -0.05) is 17.3 Å². The van der Waals surface area contributed by atoms with Crippen LogP contribution < -0.4 is 10.1 Å². The van der Waals surface area contributed by atoms with E-state index in [1.165, 1.54) is 44.3 Å². The van der Waals surface area contributed by atoms with Crippen LogP contribution in [0.5, 0.6) is 5.75 Å². The van der Waals surface area contributed by atoms with Gasteiger partial charge in [0.15, 0.2) is 0 Å². The van der Waals surface area contributed by atoms with Crippen LogP contribution in [0.25, 0.3) is 0 Å². The fourth-order valence-electron chi connectivity index (χ4n) is 5.21. The number of benzene rings is 1. The van der Waals surface area contributed by atoms with Crippen LogP contribution in [-0.4, -0.2) is 60.3 Å². The van der Waals surface area contributed by atoms with Crippen LogP contribution >= 0.6 is 0 Å². The van der Waals surface area contributed by atoms with E-state index in [2.05, 4.69) is 44.5 Å². The molecule has 3 atom stereocenters. The Bertz CT molecular complexity index is 758. The molecule has 6 heteroatoms. The topological polar surface area (TPSA) is 53.8 Å². The standard InChI is InChI=1S/C23H32N4O2/c1-2-12-26(11-1)15-18-3-6-20(7-4-18)28-17-19-5-8-22-23(21-9-14-29-25-21)24-10-13-27(22)16-19/h3-4,6-7,9,14,19,22-24H,1-2,5,8,10-13,15-17H2. The molecule has 3 saturated heterocycles. The summed E-state index contributed by atoms with van der Waals surface area (Å²) in [4.78, 5) is 5.15. The normalized spacial score (nSPS) is 28.3. The molecule has 0 amide bonds. The fraction of sp³-hybridized carbons (Fsp3) is 0.609. The second-order valence-electron chi connectivity index (χ2n) is 8.80. The fourth-order valence-corrected chi connectivity index (χ4v) is 5.21. The number of nitrogens with one attached hydrogen (secondary N) is 1. The second kappa shape index (κ2) is 8.86. The average Bonchev–Trinajstić information content (AvgIpc) is 3.47. The Labute approximate surface area is 173 Å². The van der Waals surface area contributed by atoms with E-state index in [0.717, 1.165) is 44.2 Å². The lowest BCUT2D eigenvalue weighted by Gasteiger charge is -2.46. The minimum Gasteiger partial charge on any atom is -0.493 e. The third-order valence-corrected chi connectivity index (χ3v) is 6.77. The molecule has 0 spiro atoms. The van der Waals surface area contributed by atoms with E-state index in [4.69, 9.17) is 9.26 Å². The molecular formula is C23H32N4O2. The van der Waals surface area contributed by atoms with Crippen LogP contribution in [0.1, 0.15) is 43.0 Å². The SMILES string of the molecule is c1cc(C2NCCN3CC(COc4ccc(CN5CCCC5)cc4)CCC23)no1. The zero-order valence-electron chi connectivity index (χ0n) is 17.1. The summed E-state index contributed by atoms with van der Waals surface area (Å²) in [5.41, 5.74) is 2.42. The second-order valence-corrected chi connectivity index (χ2v) is 8.80. The van der Waals surface area contributed by atoms with Gasteiger partial charge in [0, 0.05) is 44.2 Å².